The van der Waals surface area contributed by atoms with Crippen LogP contribution < -0.4 is 11.1 Å². The third-order valence-electron chi connectivity index (χ3n) is 2.80. The number of hydrogen-bond acceptors (Lipinski definition) is 5. The van der Waals surface area contributed by atoms with Crippen molar-refractivity contribution in [2.75, 3.05) is 24.2 Å². The fourth-order valence-corrected chi connectivity index (χ4v) is 1.69. The Balaban J connectivity index is 2.32. The van der Waals surface area contributed by atoms with E-state index in [2.05, 4.69) is 10.3 Å². The van der Waals surface area contributed by atoms with Crippen molar-refractivity contribution in [3.63, 3.8) is 0 Å². The van der Waals surface area contributed by atoms with Gasteiger partial charge in [0.05, 0.1) is 17.8 Å². The van der Waals surface area contributed by atoms with E-state index in [1.165, 1.54) is 0 Å². The summed E-state index contributed by atoms with van der Waals surface area (Å²) in [7, 11) is 0. The number of nitrogen functional groups attached to an aromatic ring is 1. The van der Waals surface area contributed by atoms with Crippen molar-refractivity contribution in [3.05, 3.63) is 30.5 Å². The molecule has 1 heterocycles. The molecule has 1 aromatic heterocycles. The Morgan fingerprint density at radius 2 is 2.17 bits per heavy atom. The first kappa shape index (κ1) is 12.6. The molecule has 0 amide bonds. The smallest absolute Gasteiger partial charge is 0.102 e. The lowest BCUT2D eigenvalue weighted by Crippen LogP contribution is -2.37. The molecular weight excluding hydrogens is 230 g/mol. The monoisotopic (exact) mass is 247 g/mol. The summed E-state index contributed by atoms with van der Waals surface area (Å²) in [5, 5.41) is 22.8. The van der Waals surface area contributed by atoms with Gasteiger partial charge >= 0.3 is 0 Å². The number of aromatic nitrogens is 1. The molecule has 2 aromatic rings. The summed E-state index contributed by atoms with van der Waals surface area (Å²) in [4.78, 5) is 4.23. The molecule has 5 nitrogen and oxygen atoms in total. The topological polar surface area (TPSA) is 91.4 Å². The summed E-state index contributed by atoms with van der Waals surface area (Å²) in [6.45, 7) is 1.51. The predicted octanol–water partition coefficient (Wildman–Crippen LogP) is 0.972. The molecule has 96 valence electrons. The van der Waals surface area contributed by atoms with Gasteiger partial charge in [0.25, 0.3) is 0 Å². The Morgan fingerprint density at radius 3 is 2.89 bits per heavy atom. The number of aliphatic hydroxyl groups excluding tert-OH is 1. The van der Waals surface area contributed by atoms with Crippen LogP contribution in [-0.4, -0.2) is 33.9 Å². The Bertz CT molecular complexity index is 555. The number of fused-ring (bicyclic) bond motifs is 1. The zero-order valence-corrected chi connectivity index (χ0v) is 10.2. The molecular formula is C13H17N3O2. The third kappa shape index (κ3) is 2.52. The quantitative estimate of drug-likeness (QED) is 0.604. The average molecular weight is 247 g/mol. The van der Waals surface area contributed by atoms with Gasteiger partial charge in [-0.05, 0) is 19.1 Å². The van der Waals surface area contributed by atoms with Gasteiger partial charge in [-0.3, -0.25) is 4.98 Å². The van der Waals surface area contributed by atoms with E-state index < -0.39 is 5.60 Å². The fourth-order valence-electron chi connectivity index (χ4n) is 1.69. The van der Waals surface area contributed by atoms with Gasteiger partial charge in [0.2, 0.25) is 0 Å². The number of rotatable bonds is 4. The van der Waals surface area contributed by atoms with E-state index in [1.807, 2.05) is 18.2 Å². The second-order valence-corrected chi connectivity index (χ2v) is 4.61. The van der Waals surface area contributed by atoms with Gasteiger partial charge in [0, 0.05) is 23.8 Å². The second kappa shape index (κ2) is 4.80. The lowest BCUT2D eigenvalue weighted by atomic mass is 10.1. The minimum absolute atomic E-state index is 0.247. The number of nitrogens with two attached hydrogens (primary N) is 1. The molecule has 0 bridgehead atoms. The highest BCUT2D eigenvalue weighted by Crippen LogP contribution is 2.25. The molecule has 0 aliphatic rings. The first-order valence-electron chi connectivity index (χ1n) is 5.74. The Hall–Kier alpha value is -1.85. The Labute approximate surface area is 105 Å². The zero-order chi connectivity index (χ0) is 13.2. The number of hydrogen-bond donors (Lipinski definition) is 4. The van der Waals surface area contributed by atoms with Crippen molar-refractivity contribution in [1.29, 1.82) is 0 Å². The Kier molecular flexibility index (Phi) is 3.36. The van der Waals surface area contributed by atoms with Crippen LogP contribution >= 0.6 is 0 Å². The van der Waals surface area contributed by atoms with E-state index >= 15 is 0 Å². The van der Waals surface area contributed by atoms with Gasteiger partial charge in [-0.25, -0.2) is 0 Å². The highest BCUT2D eigenvalue weighted by molar-refractivity contribution is 5.97. The van der Waals surface area contributed by atoms with Crippen LogP contribution in [0.25, 0.3) is 10.9 Å². The lowest BCUT2D eigenvalue weighted by Gasteiger charge is -2.22. The fraction of sp³-hybridized carbons (Fsp3) is 0.308. The van der Waals surface area contributed by atoms with Gasteiger partial charge in [0.1, 0.15) is 5.60 Å². The van der Waals surface area contributed by atoms with Crippen LogP contribution in [0.5, 0.6) is 0 Å². The summed E-state index contributed by atoms with van der Waals surface area (Å²) in [5.41, 5.74) is 6.87. The maximum Gasteiger partial charge on any atom is 0.102 e. The minimum Gasteiger partial charge on any atom is -0.397 e. The van der Waals surface area contributed by atoms with Crippen LogP contribution in [0.15, 0.2) is 30.5 Å². The van der Waals surface area contributed by atoms with Crippen LogP contribution in [0, 0.1) is 0 Å². The van der Waals surface area contributed by atoms with Crippen LogP contribution in [-0.2, 0) is 0 Å². The summed E-state index contributed by atoms with van der Waals surface area (Å²) >= 11 is 0. The van der Waals surface area contributed by atoms with Crippen LogP contribution in [0.2, 0.25) is 0 Å². The van der Waals surface area contributed by atoms with E-state index in [4.69, 9.17) is 10.8 Å². The summed E-state index contributed by atoms with van der Waals surface area (Å²) in [6, 6.07) is 7.38. The summed E-state index contributed by atoms with van der Waals surface area (Å²) in [5.74, 6) is 0. The van der Waals surface area contributed by atoms with Crippen molar-refractivity contribution < 1.29 is 10.2 Å². The van der Waals surface area contributed by atoms with Gasteiger partial charge in [-0.1, -0.05) is 12.1 Å². The normalized spacial score (nSPS) is 14.4. The standard InChI is InChI=1S/C13H17N3O2/c1-13(18,8-17)7-16-11-5-6-15-12-9(11)3-2-4-10(12)14/h2-6,17-18H,7-8,14H2,1H3,(H,15,16). The molecule has 0 spiro atoms. The molecule has 0 saturated carbocycles. The lowest BCUT2D eigenvalue weighted by molar-refractivity contribution is 0.0132. The highest BCUT2D eigenvalue weighted by Gasteiger charge is 2.18. The minimum atomic E-state index is -1.16. The molecule has 0 radical (unpaired) electrons. The molecule has 18 heavy (non-hydrogen) atoms. The number of nitrogens with one attached hydrogen (secondary N) is 1. The van der Waals surface area contributed by atoms with Crippen LogP contribution in [0.4, 0.5) is 11.4 Å². The van der Waals surface area contributed by atoms with Crippen molar-refractivity contribution in [2.45, 2.75) is 12.5 Å². The SMILES string of the molecule is CC(O)(CO)CNc1ccnc2c(N)cccc12. The van der Waals surface area contributed by atoms with Gasteiger partial charge in [0.15, 0.2) is 0 Å². The van der Waals surface area contributed by atoms with E-state index in [0.717, 1.165) is 16.6 Å². The predicted molar refractivity (Wildman–Crippen MR) is 72.4 cm³/mol. The number of pyridine rings is 1. The van der Waals surface area contributed by atoms with Gasteiger partial charge in [-0.2, -0.15) is 0 Å². The number of nitrogens with zero attached hydrogens (tertiary/aromatic N) is 1. The summed E-state index contributed by atoms with van der Waals surface area (Å²) in [6.07, 6.45) is 1.66. The molecule has 0 fully saturated rings. The molecule has 1 unspecified atom stereocenters. The van der Waals surface area contributed by atoms with Crippen LogP contribution in [0.3, 0.4) is 0 Å². The number of aliphatic hydroxyl groups is 2. The van der Waals surface area contributed by atoms with Crippen molar-refractivity contribution in [3.8, 4) is 0 Å². The zero-order valence-electron chi connectivity index (χ0n) is 10.2. The molecule has 5 heteroatoms. The molecule has 2 rings (SSSR count). The number of benzene rings is 1. The third-order valence-corrected chi connectivity index (χ3v) is 2.80. The average Bonchev–Trinajstić information content (AvgIpc) is 2.37. The van der Waals surface area contributed by atoms with Crippen molar-refractivity contribution >= 4 is 22.3 Å². The molecule has 5 N–H and O–H groups in total. The first-order chi connectivity index (χ1) is 8.53. The summed E-state index contributed by atoms with van der Waals surface area (Å²) < 4.78 is 0. The van der Waals surface area contributed by atoms with Crippen molar-refractivity contribution in [1.82, 2.24) is 4.98 Å². The molecule has 1 atom stereocenters. The van der Waals surface area contributed by atoms with E-state index in [-0.39, 0.29) is 13.2 Å². The van der Waals surface area contributed by atoms with E-state index in [9.17, 15) is 5.11 Å². The van der Waals surface area contributed by atoms with Crippen molar-refractivity contribution in [2.24, 2.45) is 0 Å². The highest BCUT2D eigenvalue weighted by atomic mass is 16.3. The molecule has 0 saturated heterocycles. The van der Waals surface area contributed by atoms with Gasteiger partial charge in [-0.15, -0.1) is 0 Å². The maximum atomic E-state index is 9.76. The van der Waals surface area contributed by atoms with E-state index in [1.54, 1.807) is 19.2 Å². The number of anilines is 2. The second-order valence-electron chi connectivity index (χ2n) is 4.61. The first-order valence-corrected chi connectivity index (χ1v) is 5.74. The van der Waals surface area contributed by atoms with E-state index in [0.29, 0.717) is 5.69 Å². The van der Waals surface area contributed by atoms with Gasteiger partial charge < -0.3 is 21.3 Å². The Morgan fingerprint density at radius 1 is 1.39 bits per heavy atom. The maximum absolute atomic E-state index is 9.76. The molecule has 0 aliphatic carbocycles. The largest absolute Gasteiger partial charge is 0.397 e. The molecule has 0 aliphatic heterocycles. The van der Waals surface area contributed by atoms with Crippen LogP contribution in [0.1, 0.15) is 6.92 Å². The molecule has 1 aromatic carbocycles. The number of para-hydroxylation sites is 1.